The number of benzene rings is 1. The monoisotopic (exact) mass is 424 g/mol. The molecule has 142 valence electrons. The van der Waals surface area contributed by atoms with Crippen molar-refractivity contribution in [3.05, 3.63) is 64.8 Å². The number of thiophene rings is 1. The van der Waals surface area contributed by atoms with Crippen molar-refractivity contribution in [1.82, 2.24) is 14.1 Å². The molecule has 1 aromatic carbocycles. The lowest BCUT2D eigenvalue weighted by Gasteiger charge is -2.17. The average molecular weight is 425 g/mol. The van der Waals surface area contributed by atoms with Gasteiger partial charge >= 0.3 is 0 Å². The minimum absolute atomic E-state index is 0.0990. The molecule has 10 heteroatoms. The van der Waals surface area contributed by atoms with Gasteiger partial charge in [-0.2, -0.15) is 9.40 Å². The van der Waals surface area contributed by atoms with Crippen LogP contribution in [0.25, 0.3) is 0 Å². The second-order valence-electron chi connectivity index (χ2n) is 5.73. The summed E-state index contributed by atoms with van der Waals surface area (Å²) in [6, 6.07) is 12.1. The smallest absolute Gasteiger partial charge is 0.252 e. The molecule has 0 aliphatic rings. The molecule has 7 nitrogen and oxygen atoms in total. The number of carbonyl (C=O) groups is 1. The number of likely N-dealkylation sites (N-methyl/N-ethyl adjacent to an activating group) is 1. The van der Waals surface area contributed by atoms with E-state index in [9.17, 15) is 13.2 Å². The lowest BCUT2D eigenvalue weighted by molar-refractivity contribution is -0.116. The van der Waals surface area contributed by atoms with Crippen LogP contribution in [0.2, 0.25) is 4.34 Å². The van der Waals surface area contributed by atoms with Gasteiger partial charge in [-0.25, -0.2) is 8.42 Å². The number of sulfonamides is 1. The summed E-state index contributed by atoms with van der Waals surface area (Å²) >= 11 is 6.76. The van der Waals surface area contributed by atoms with E-state index in [0.717, 1.165) is 21.2 Å². The molecule has 1 amide bonds. The number of hydrogen-bond acceptors (Lipinski definition) is 5. The van der Waals surface area contributed by atoms with Gasteiger partial charge in [0.1, 0.15) is 4.21 Å². The van der Waals surface area contributed by atoms with E-state index in [1.807, 2.05) is 24.4 Å². The molecule has 0 aliphatic heterocycles. The first-order valence-electron chi connectivity index (χ1n) is 7.93. The number of aromatic nitrogens is 2. The maximum absolute atomic E-state index is 12.5. The van der Waals surface area contributed by atoms with Crippen molar-refractivity contribution >= 4 is 44.6 Å². The highest BCUT2D eigenvalue weighted by atomic mass is 35.5. The van der Waals surface area contributed by atoms with Crippen LogP contribution in [0.3, 0.4) is 0 Å². The Morgan fingerprint density at radius 1 is 1.26 bits per heavy atom. The summed E-state index contributed by atoms with van der Waals surface area (Å²) in [4.78, 5) is 12.4. The molecule has 0 fully saturated rings. The largest absolute Gasteiger partial charge is 0.325 e. The van der Waals surface area contributed by atoms with Crippen LogP contribution in [0.15, 0.2) is 59.1 Å². The molecule has 1 N–H and O–H groups in total. The molecule has 2 aromatic heterocycles. The minimum Gasteiger partial charge on any atom is -0.325 e. The molecule has 2 heterocycles. The fourth-order valence-electron chi connectivity index (χ4n) is 2.42. The summed E-state index contributed by atoms with van der Waals surface area (Å²) in [7, 11) is -2.40. The summed E-state index contributed by atoms with van der Waals surface area (Å²) in [6.45, 7) is 0.180. The number of anilines is 1. The second kappa shape index (κ2) is 8.22. The summed E-state index contributed by atoms with van der Waals surface area (Å²) < 4.78 is 28.2. The fourth-order valence-corrected chi connectivity index (χ4v) is 5.24. The third kappa shape index (κ3) is 4.75. The summed E-state index contributed by atoms with van der Waals surface area (Å²) in [5, 5.41) is 6.93. The number of halogens is 1. The predicted molar refractivity (Wildman–Crippen MR) is 106 cm³/mol. The molecule has 0 bridgehead atoms. The van der Waals surface area contributed by atoms with Gasteiger partial charge in [0.25, 0.3) is 10.0 Å². The van der Waals surface area contributed by atoms with Crippen LogP contribution in [0.5, 0.6) is 0 Å². The molecule has 0 unspecified atom stereocenters. The fraction of sp³-hybridized carbons (Fsp3) is 0.176. The first-order valence-corrected chi connectivity index (χ1v) is 10.6. The summed E-state index contributed by atoms with van der Waals surface area (Å²) in [5.41, 5.74) is 1.48. The number of rotatable bonds is 7. The van der Waals surface area contributed by atoms with Crippen LogP contribution in [0, 0.1) is 0 Å². The zero-order valence-corrected chi connectivity index (χ0v) is 16.8. The van der Waals surface area contributed by atoms with Crippen molar-refractivity contribution in [3.63, 3.8) is 0 Å². The topological polar surface area (TPSA) is 84.3 Å². The maximum atomic E-state index is 12.5. The molecule has 0 aliphatic carbocycles. The number of amides is 1. The van der Waals surface area contributed by atoms with Gasteiger partial charge in [-0.3, -0.25) is 9.48 Å². The number of nitrogens with zero attached hydrogens (tertiary/aromatic N) is 3. The Morgan fingerprint density at radius 2 is 2.04 bits per heavy atom. The van der Waals surface area contributed by atoms with Crippen molar-refractivity contribution in [2.24, 2.45) is 0 Å². The first kappa shape index (κ1) is 19.6. The van der Waals surface area contributed by atoms with Gasteiger partial charge < -0.3 is 5.32 Å². The highest BCUT2D eigenvalue weighted by Crippen LogP contribution is 2.27. The van der Waals surface area contributed by atoms with Crippen LogP contribution in [-0.2, 0) is 21.4 Å². The highest BCUT2D eigenvalue weighted by Gasteiger charge is 2.25. The molecule has 3 aromatic rings. The van der Waals surface area contributed by atoms with Gasteiger partial charge in [0, 0.05) is 25.1 Å². The van der Waals surface area contributed by atoms with Crippen molar-refractivity contribution in [2.75, 3.05) is 18.9 Å². The molecule has 27 heavy (non-hydrogen) atoms. The lowest BCUT2D eigenvalue weighted by Crippen LogP contribution is -2.34. The van der Waals surface area contributed by atoms with Gasteiger partial charge in [0.2, 0.25) is 5.91 Å². The van der Waals surface area contributed by atoms with Crippen molar-refractivity contribution in [3.8, 4) is 0 Å². The molecule has 0 saturated heterocycles. The van der Waals surface area contributed by atoms with E-state index >= 15 is 0 Å². The van der Waals surface area contributed by atoms with Gasteiger partial charge in [-0.15, -0.1) is 11.3 Å². The van der Waals surface area contributed by atoms with Crippen LogP contribution in [0.1, 0.15) is 5.56 Å². The van der Waals surface area contributed by atoms with Gasteiger partial charge in [-0.05, 0) is 29.8 Å². The Labute approximate surface area is 166 Å². The van der Waals surface area contributed by atoms with Gasteiger partial charge in [0.05, 0.1) is 17.4 Å². The van der Waals surface area contributed by atoms with Crippen LogP contribution in [-0.4, -0.2) is 42.0 Å². The van der Waals surface area contributed by atoms with Crippen LogP contribution in [0.4, 0.5) is 5.69 Å². The Hall–Kier alpha value is -2.20. The molecular weight excluding hydrogens is 408 g/mol. The Bertz CT molecular complexity index is 1030. The van der Waals surface area contributed by atoms with E-state index in [1.165, 1.54) is 19.2 Å². The van der Waals surface area contributed by atoms with E-state index in [0.29, 0.717) is 16.6 Å². The summed E-state index contributed by atoms with van der Waals surface area (Å²) in [6.07, 6.45) is 3.50. The number of nitrogens with one attached hydrogen (secondary N) is 1. The molecule has 0 radical (unpaired) electrons. The molecule has 3 rings (SSSR count). The SMILES string of the molecule is CN(CC(=O)Nc1ccccc1Cn1cccn1)S(=O)(=O)c1ccc(Cl)s1. The van der Waals surface area contributed by atoms with Gasteiger partial charge in [-0.1, -0.05) is 29.8 Å². The Balaban J connectivity index is 1.69. The Morgan fingerprint density at radius 3 is 2.70 bits per heavy atom. The quantitative estimate of drug-likeness (QED) is 0.632. The van der Waals surface area contributed by atoms with Gasteiger partial charge in [0.15, 0.2) is 0 Å². The normalized spacial score (nSPS) is 11.7. The Kier molecular flexibility index (Phi) is 5.95. The second-order valence-corrected chi connectivity index (χ2v) is 9.72. The minimum atomic E-state index is -3.76. The zero-order valence-electron chi connectivity index (χ0n) is 14.4. The van der Waals surface area contributed by atoms with Crippen LogP contribution < -0.4 is 5.32 Å². The number of para-hydroxylation sites is 1. The standard InChI is InChI=1S/C17H17ClN4O3S2/c1-21(27(24,25)17-8-7-15(18)26-17)12-16(23)20-14-6-3-2-5-13(14)11-22-10-4-9-19-22/h2-10H,11-12H2,1H3,(H,20,23). The van der Waals surface area contributed by atoms with Crippen molar-refractivity contribution < 1.29 is 13.2 Å². The van der Waals surface area contributed by atoms with E-state index in [-0.39, 0.29) is 10.8 Å². The van der Waals surface area contributed by atoms with E-state index in [2.05, 4.69) is 10.4 Å². The third-order valence-corrected chi connectivity index (χ3v) is 7.26. The molecule has 0 atom stereocenters. The molecule has 0 saturated carbocycles. The maximum Gasteiger partial charge on any atom is 0.252 e. The molecular formula is C17H17ClN4O3S2. The lowest BCUT2D eigenvalue weighted by atomic mass is 10.1. The molecule has 0 spiro atoms. The average Bonchev–Trinajstić information content (AvgIpc) is 3.28. The van der Waals surface area contributed by atoms with Crippen LogP contribution >= 0.6 is 22.9 Å². The van der Waals surface area contributed by atoms with E-state index < -0.39 is 15.9 Å². The van der Waals surface area contributed by atoms with Crippen molar-refractivity contribution in [2.45, 2.75) is 10.8 Å². The highest BCUT2D eigenvalue weighted by molar-refractivity contribution is 7.91. The van der Waals surface area contributed by atoms with Crippen molar-refractivity contribution in [1.29, 1.82) is 0 Å². The zero-order chi connectivity index (χ0) is 19.4. The first-order chi connectivity index (χ1) is 12.9. The third-order valence-electron chi connectivity index (χ3n) is 3.76. The predicted octanol–water partition coefficient (Wildman–Crippen LogP) is 2.91. The van der Waals surface area contributed by atoms with E-state index in [4.69, 9.17) is 11.6 Å². The van der Waals surface area contributed by atoms with E-state index in [1.54, 1.807) is 23.0 Å². The summed E-state index contributed by atoms with van der Waals surface area (Å²) in [5.74, 6) is -0.434. The number of hydrogen-bond donors (Lipinski definition) is 1. The number of carbonyl (C=O) groups excluding carboxylic acids is 1.